The summed E-state index contributed by atoms with van der Waals surface area (Å²) >= 11 is 19.6. The molecular weight excluding hydrogens is 1040 g/mol. The molecule has 17 nitrogen and oxygen atoms in total. The highest BCUT2D eigenvalue weighted by molar-refractivity contribution is 9.13. The lowest BCUT2D eigenvalue weighted by Crippen LogP contribution is -2.53. The van der Waals surface area contributed by atoms with E-state index < -0.39 is 108 Å². The molecule has 6 atom stereocenters. The van der Waals surface area contributed by atoms with Gasteiger partial charge in [0, 0.05) is 47.8 Å². The fraction of sp³-hybridized carbons (Fsp3) is 0.293. The molecule has 2 N–H and O–H groups in total. The van der Waals surface area contributed by atoms with E-state index in [9.17, 15) is 48.1 Å². The largest absolute Gasteiger partial charge is 0.503 e. The fourth-order valence-electron chi connectivity index (χ4n) is 9.81. The molecule has 4 aromatic rings. The number of carbonyl (C=O) groups excluding carboxylic acids is 4. The number of hydrogen-bond donors (Lipinski definition) is 2. The summed E-state index contributed by atoms with van der Waals surface area (Å²) in [6.07, 6.45) is -3.15. The third-order valence-electron chi connectivity index (χ3n) is 12.4. The molecule has 3 heterocycles. The summed E-state index contributed by atoms with van der Waals surface area (Å²) in [5, 5.41) is 35.9. The Hall–Kier alpha value is -5.84. The molecule has 0 bridgehead atoms. The predicted octanol–water partition coefficient (Wildman–Crippen LogP) is 8.72. The van der Waals surface area contributed by atoms with Crippen molar-refractivity contribution in [3.05, 3.63) is 122 Å². The minimum absolute atomic E-state index is 0.0706. The van der Waals surface area contributed by atoms with Crippen LogP contribution in [-0.4, -0.2) is 69.8 Å². The van der Waals surface area contributed by atoms with E-state index in [1.54, 1.807) is 6.08 Å². The number of allylic oxidation sites excluding steroid dienone is 2. The van der Waals surface area contributed by atoms with E-state index in [4.69, 9.17) is 27.9 Å². The number of rotatable bonds is 9. The number of fused-ring (bicyclic) bond motifs is 4. The van der Waals surface area contributed by atoms with Crippen molar-refractivity contribution in [1.29, 1.82) is 0 Å². The second kappa shape index (κ2) is 16.2. The Labute approximate surface area is 391 Å². The summed E-state index contributed by atoms with van der Waals surface area (Å²) in [4.78, 5) is 88.5. The zero-order valence-corrected chi connectivity index (χ0v) is 38.2. The van der Waals surface area contributed by atoms with Crippen LogP contribution in [-0.2, 0) is 30.8 Å². The molecule has 2 saturated heterocycles. The number of nitro groups is 2. The van der Waals surface area contributed by atoms with Gasteiger partial charge in [0.1, 0.15) is 0 Å². The topological polar surface area (TPSA) is 219 Å². The van der Waals surface area contributed by atoms with E-state index >= 15 is 9.59 Å². The number of nitrogens with one attached hydrogen (secondary N) is 1. The van der Waals surface area contributed by atoms with Gasteiger partial charge in [0.25, 0.3) is 11.8 Å². The van der Waals surface area contributed by atoms with E-state index in [1.165, 1.54) is 51.5 Å². The zero-order valence-electron chi connectivity index (χ0n) is 33.5. The first-order valence-corrected chi connectivity index (χ1v) is 21.5. The number of imide groups is 2. The van der Waals surface area contributed by atoms with Crippen LogP contribution in [0.5, 0.6) is 11.5 Å². The number of hydrogen-bond acceptors (Lipinski definition) is 13. The van der Waals surface area contributed by atoms with Gasteiger partial charge < -0.3 is 14.7 Å². The molecule has 1 aromatic heterocycles. The van der Waals surface area contributed by atoms with Crippen molar-refractivity contribution in [3.63, 3.8) is 0 Å². The Kier molecular flexibility index (Phi) is 11.4. The number of aromatic nitrogens is 1. The van der Waals surface area contributed by atoms with Crippen LogP contribution in [0.15, 0.2) is 75.3 Å². The molecule has 65 heavy (non-hydrogen) atoms. The summed E-state index contributed by atoms with van der Waals surface area (Å²) in [5.41, 5.74) is -2.09. The number of amides is 4. The first-order chi connectivity index (χ1) is 30.6. The molecule has 0 spiro atoms. The van der Waals surface area contributed by atoms with Crippen LogP contribution in [0, 0.1) is 43.9 Å². The summed E-state index contributed by atoms with van der Waals surface area (Å²) in [6, 6.07) is 9.82. The minimum Gasteiger partial charge on any atom is -0.503 e. The van der Waals surface area contributed by atoms with Crippen LogP contribution in [0.3, 0.4) is 0 Å². The summed E-state index contributed by atoms with van der Waals surface area (Å²) in [5.74, 6) is -10.7. The average molecular weight is 1070 g/mol. The number of alkyl halides is 3. The number of phenolic OH excluding ortho intramolecular Hbond substituents is 1. The highest BCUT2D eigenvalue weighted by atomic mass is 79.9. The van der Waals surface area contributed by atoms with E-state index in [0.29, 0.717) is 27.7 Å². The van der Waals surface area contributed by atoms with Crippen molar-refractivity contribution in [1.82, 2.24) is 9.99 Å². The van der Waals surface area contributed by atoms with Crippen LogP contribution in [0.1, 0.15) is 35.4 Å². The summed E-state index contributed by atoms with van der Waals surface area (Å²) in [7, 11) is 3.99. The van der Waals surface area contributed by atoms with Gasteiger partial charge in [0.05, 0.1) is 60.9 Å². The van der Waals surface area contributed by atoms with Gasteiger partial charge in [-0.25, -0.2) is 9.88 Å². The molecule has 0 radical (unpaired) electrons. The third-order valence-corrected chi connectivity index (χ3v) is 15.1. The van der Waals surface area contributed by atoms with Gasteiger partial charge in [-0.1, -0.05) is 47.0 Å². The predicted molar refractivity (Wildman–Crippen MR) is 234 cm³/mol. The number of anilines is 3. The number of carbonyl (C=O) groups is 4. The lowest BCUT2D eigenvalue weighted by molar-refractivity contribution is -0.392. The second-order valence-corrected chi connectivity index (χ2v) is 18.2. The van der Waals surface area contributed by atoms with Gasteiger partial charge in [-0.15, -0.1) is 0 Å². The molecule has 8 rings (SSSR count). The Morgan fingerprint density at radius 2 is 1.58 bits per heavy atom. The monoisotopic (exact) mass is 1060 g/mol. The lowest BCUT2D eigenvalue weighted by Gasteiger charge is -2.51. The van der Waals surface area contributed by atoms with Gasteiger partial charge in [-0.2, -0.15) is 18.2 Å². The zero-order chi connectivity index (χ0) is 47.3. The van der Waals surface area contributed by atoms with Crippen molar-refractivity contribution in [2.75, 3.05) is 36.4 Å². The Balaban J connectivity index is 1.34. The van der Waals surface area contributed by atoms with Crippen LogP contribution in [0.2, 0.25) is 10.0 Å². The number of halogens is 7. The summed E-state index contributed by atoms with van der Waals surface area (Å²) < 4.78 is 46.6. The molecule has 3 fully saturated rings. The SMILES string of the molecule is COc1cc(C2C3=CCC4C(=O)N(c5cc([N+](=O)[O-])c(N(C)C)c([N+](=O)[O-])c5)C(=O)C4C3CC3C(=O)N(Nc4ncc(C(F)(F)F)cc4Cl)C(=O)C32c2ccc(Cl)cc2)c(Br)c(Br)c1O. The molecule has 1 saturated carbocycles. The highest BCUT2D eigenvalue weighted by Crippen LogP contribution is 2.66. The molecule has 4 aliphatic rings. The first-order valence-electron chi connectivity index (χ1n) is 19.2. The first kappa shape index (κ1) is 45.7. The number of methoxy groups -OCH3 is 1. The second-order valence-electron chi connectivity index (χ2n) is 15.8. The van der Waals surface area contributed by atoms with Crippen molar-refractivity contribution < 1.29 is 52.0 Å². The Bertz CT molecular complexity index is 2800. The number of pyridine rings is 1. The maximum Gasteiger partial charge on any atom is 0.417 e. The van der Waals surface area contributed by atoms with E-state index in [-0.39, 0.29) is 55.1 Å². The van der Waals surface area contributed by atoms with Gasteiger partial charge in [-0.3, -0.25) is 44.8 Å². The van der Waals surface area contributed by atoms with Crippen LogP contribution >= 0.6 is 55.1 Å². The Morgan fingerprint density at radius 3 is 2.14 bits per heavy atom. The molecule has 4 amide bonds. The fourth-order valence-corrected chi connectivity index (χ4v) is 11.1. The molecule has 3 aromatic carbocycles. The summed E-state index contributed by atoms with van der Waals surface area (Å²) in [6.45, 7) is 0. The number of phenols is 1. The number of ether oxygens (including phenoxy) is 1. The van der Waals surface area contributed by atoms with Crippen molar-refractivity contribution in [2.45, 2.75) is 30.4 Å². The normalized spacial score (nSPS) is 23.8. The van der Waals surface area contributed by atoms with Gasteiger partial charge >= 0.3 is 17.6 Å². The number of nitrogens with zero attached hydrogens (tertiary/aromatic N) is 6. The third kappa shape index (κ3) is 6.98. The van der Waals surface area contributed by atoms with E-state index in [2.05, 4.69) is 42.3 Å². The number of hydrazine groups is 1. The highest BCUT2D eigenvalue weighted by Gasteiger charge is 2.71. The van der Waals surface area contributed by atoms with Crippen molar-refractivity contribution in [2.24, 2.45) is 23.7 Å². The van der Waals surface area contributed by atoms with Crippen molar-refractivity contribution in [3.8, 4) is 11.5 Å². The minimum atomic E-state index is -4.84. The maximum atomic E-state index is 15.6. The number of benzene rings is 3. The van der Waals surface area contributed by atoms with E-state index in [0.717, 1.165) is 17.0 Å². The molecule has 24 heteroatoms. The Morgan fingerprint density at radius 1 is 0.954 bits per heavy atom. The molecule has 2 aliphatic carbocycles. The maximum absolute atomic E-state index is 15.6. The van der Waals surface area contributed by atoms with Gasteiger partial charge in [0.2, 0.25) is 11.8 Å². The molecule has 2 aliphatic heterocycles. The number of nitro benzene ring substituents is 2. The van der Waals surface area contributed by atoms with Crippen molar-refractivity contribution >= 4 is 107 Å². The average Bonchev–Trinajstić information content (AvgIpc) is 3.63. The van der Waals surface area contributed by atoms with Gasteiger partial charge in [-0.05, 0) is 86.0 Å². The molecule has 338 valence electrons. The lowest BCUT2D eigenvalue weighted by atomic mass is 9.49. The standard InChI is InChI=1S/C41H30Br2Cl2F3N7O10/c1-51(2)33-26(54(61)62)11-19(12-27(33)55(63)64)52-36(57)21-9-8-20-22(29(21)38(52)59)13-24-37(58)53(50-35-25(45)10-17(15-49-35)41(46,47)48)39(60)40(24,16-4-6-18(44)7-5-16)30(20)23-14-28(65-3)34(56)32(43)31(23)42/h4-8,10-12,14-15,21-22,24,29-30,56H,9,13H2,1-3H3,(H,49,50). The number of aromatic hydroxyl groups is 1. The van der Waals surface area contributed by atoms with Crippen LogP contribution in [0.25, 0.3) is 0 Å². The van der Waals surface area contributed by atoms with Gasteiger partial charge in [0.15, 0.2) is 23.0 Å². The quantitative estimate of drug-likeness (QED) is 0.0694. The van der Waals surface area contributed by atoms with Crippen LogP contribution in [0.4, 0.5) is 41.7 Å². The molecule has 6 unspecified atom stereocenters. The van der Waals surface area contributed by atoms with Crippen LogP contribution < -0.4 is 20.0 Å². The molecular formula is C41H30Br2Cl2F3N7O10. The van der Waals surface area contributed by atoms with E-state index in [1.807, 2.05) is 0 Å². The smallest absolute Gasteiger partial charge is 0.417 e.